The summed E-state index contributed by atoms with van der Waals surface area (Å²) in [5.74, 6) is -0.634. The third kappa shape index (κ3) is 4.79. The first kappa shape index (κ1) is 21.6. The second-order valence-electron chi connectivity index (χ2n) is 6.41. The third-order valence-corrected chi connectivity index (χ3v) is 5.84. The molecule has 0 saturated carbocycles. The molecule has 10 heteroatoms. The minimum Gasteiger partial charge on any atom is -0.324 e. The molecule has 150 valence electrons. The van der Waals surface area contributed by atoms with Crippen molar-refractivity contribution in [3.8, 4) is 0 Å². The SMILES string of the molecule is Cc1ccc(N([C@@H](C)C(=O)Nc2cc([N+](=O)[O-])ccc2C)S(C)(=O)=O)cc1Cl. The number of hydrogen-bond acceptors (Lipinski definition) is 5. The molecule has 0 spiro atoms. The molecular formula is C18H20ClN3O5S. The zero-order valence-electron chi connectivity index (χ0n) is 15.8. The average Bonchev–Trinajstić information content (AvgIpc) is 2.58. The molecule has 0 radical (unpaired) electrons. The number of sulfonamides is 1. The second kappa shape index (κ2) is 8.15. The van der Waals surface area contributed by atoms with Crippen LogP contribution in [0.15, 0.2) is 36.4 Å². The van der Waals surface area contributed by atoms with Gasteiger partial charge in [0.1, 0.15) is 6.04 Å². The van der Waals surface area contributed by atoms with Gasteiger partial charge in [-0.25, -0.2) is 8.42 Å². The molecule has 0 aliphatic rings. The Morgan fingerprint density at radius 1 is 1.18 bits per heavy atom. The topological polar surface area (TPSA) is 110 Å². The van der Waals surface area contributed by atoms with Gasteiger partial charge in [-0.05, 0) is 44.0 Å². The van der Waals surface area contributed by atoms with Crippen LogP contribution in [0.5, 0.6) is 0 Å². The highest BCUT2D eigenvalue weighted by atomic mass is 35.5. The van der Waals surface area contributed by atoms with Crippen LogP contribution in [0.25, 0.3) is 0 Å². The van der Waals surface area contributed by atoms with Crippen LogP contribution in [0.3, 0.4) is 0 Å². The third-order valence-electron chi connectivity index (χ3n) is 4.19. The van der Waals surface area contributed by atoms with Gasteiger partial charge in [-0.3, -0.25) is 19.2 Å². The van der Waals surface area contributed by atoms with Gasteiger partial charge in [0.2, 0.25) is 15.9 Å². The number of non-ortho nitro benzene ring substituents is 1. The first-order valence-corrected chi connectivity index (χ1v) is 10.5. The van der Waals surface area contributed by atoms with Crippen LogP contribution in [0, 0.1) is 24.0 Å². The maximum Gasteiger partial charge on any atom is 0.271 e. The Bertz CT molecular complexity index is 1040. The number of nitro groups is 1. The molecular weight excluding hydrogens is 406 g/mol. The van der Waals surface area contributed by atoms with Crippen molar-refractivity contribution >= 4 is 44.6 Å². The molecule has 1 amide bonds. The maximum atomic E-state index is 12.7. The fourth-order valence-corrected chi connectivity index (χ4v) is 3.96. The van der Waals surface area contributed by atoms with Gasteiger partial charge in [-0.15, -0.1) is 0 Å². The van der Waals surface area contributed by atoms with Crippen LogP contribution in [0.1, 0.15) is 18.1 Å². The summed E-state index contributed by atoms with van der Waals surface area (Å²) in [5, 5.41) is 13.9. The molecule has 0 aromatic heterocycles. The van der Waals surface area contributed by atoms with Crippen LogP contribution < -0.4 is 9.62 Å². The highest BCUT2D eigenvalue weighted by Crippen LogP contribution is 2.28. The van der Waals surface area contributed by atoms with E-state index in [2.05, 4.69) is 5.32 Å². The number of nitro benzene ring substituents is 1. The average molecular weight is 426 g/mol. The number of rotatable bonds is 6. The van der Waals surface area contributed by atoms with Crippen LogP contribution in [0.4, 0.5) is 17.1 Å². The molecule has 2 aromatic rings. The van der Waals surface area contributed by atoms with Crippen molar-refractivity contribution in [2.45, 2.75) is 26.8 Å². The summed E-state index contributed by atoms with van der Waals surface area (Å²) < 4.78 is 25.7. The van der Waals surface area contributed by atoms with Crippen molar-refractivity contribution < 1.29 is 18.1 Å². The van der Waals surface area contributed by atoms with E-state index in [1.165, 1.54) is 31.2 Å². The molecule has 2 rings (SSSR count). The summed E-state index contributed by atoms with van der Waals surface area (Å²) in [6.45, 7) is 4.88. The number of anilines is 2. The highest BCUT2D eigenvalue weighted by molar-refractivity contribution is 7.92. The zero-order valence-corrected chi connectivity index (χ0v) is 17.3. The Balaban J connectivity index is 2.38. The van der Waals surface area contributed by atoms with Crippen molar-refractivity contribution in [1.82, 2.24) is 0 Å². The number of amides is 1. The zero-order chi connectivity index (χ0) is 21.2. The predicted molar refractivity (Wildman–Crippen MR) is 109 cm³/mol. The first-order chi connectivity index (χ1) is 12.9. The number of nitrogens with zero attached hydrogens (tertiary/aromatic N) is 2. The number of nitrogens with one attached hydrogen (secondary N) is 1. The van der Waals surface area contributed by atoms with E-state index >= 15 is 0 Å². The number of halogens is 1. The molecule has 1 atom stereocenters. The van der Waals surface area contributed by atoms with Gasteiger partial charge >= 0.3 is 0 Å². The molecule has 0 aliphatic heterocycles. The van der Waals surface area contributed by atoms with Gasteiger partial charge in [-0.1, -0.05) is 23.7 Å². The molecule has 0 heterocycles. The quantitative estimate of drug-likeness (QED) is 0.561. The van der Waals surface area contributed by atoms with Gasteiger partial charge in [0, 0.05) is 17.2 Å². The van der Waals surface area contributed by atoms with E-state index in [4.69, 9.17) is 11.6 Å². The lowest BCUT2D eigenvalue weighted by Crippen LogP contribution is -2.45. The van der Waals surface area contributed by atoms with E-state index in [0.29, 0.717) is 10.6 Å². The number of carbonyl (C=O) groups is 1. The van der Waals surface area contributed by atoms with Crippen molar-refractivity contribution in [3.63, 3.8) is 0 Å². The summed E-state index contributed by atoms with van der Waals surface area (Å²) in [7, 11) is -3.81. The molecule has 0 bridgehead atoms. The van der Waals surface area contributed by atoms with E-state index in [1.807, 2.05) is 0 Å². The molecule has 28 heavy (non-hydrogen) atoms. The van der Waals surface area contributed by atoms with Gasteiger partial charge in [0.25, 0.3) is 5.69 Å². The van der Waals surface area contributed by atoms with Gasteiger partial charge in [-0.2, -0.15) is 0 Å². The van der Waals surface area contributed by atoms with Crippen LogP contribution in [0.2, 0.25) is 5.02 Å². The molecule has 8 nitrogen and oxygen atoms in total. The molecule has 0 aliphatic carbocycles. The van der Waals surface area contributed by atoms with Gasteiger partial charge in [0.05, 0.1) is 22.6 Å². The van der Waals surface area contributed by atoms with E-state index in [0.717, 1.165) is 16.1 Å². The van der Waals surface area contributed by atoms with Crippen molar-refractivity contribution in [2.24, 2.45) is 0 Å². The van der Waals surface area contributed by atoms with E-state index in [-0.39, 0.29) is 17.1 Å². The van der Waals surface area contributed by atoms with E-state index < -0.39 is 26.9 Å². The summed E-state index contributed by atoms with van der Waals surface area (Å²) in [6.07, 6.45) is 0.989. The minimum atomic E-state index is -3.81. The maximum absolute atomic E-state index is 12.7. The monoisotopic (exact) mass is 425 g/mol. The fraction of sp³-hybridized carbons (Fsp3) is 0.278. The molecule has 0 fully saturated rings. The highest BCUT2D eigenvalue weighted by Gasteiger charge is 2.30. The Morgan fingerprint density at radius 3 is 2.32 bits per heavy atom. The summed E-state index contributed by atoms with van der Waals surface area (Å²) in [4.78, 5) is 23.1. The lowest BCUT2D eigenvalue weighted by molar-refractivity contribution is -0.384. The summed E-state index contributed by atoms with van der Waals surface area (Å²) in [5.41, 5.74) is 1.68. The Kier molecular flexibility index (Phi) is 6.30. The Morgan fingerprint density at radius 2 is 1.79 bits per heavy atom. The molecule has 0 unspecified atom stereocenters. The predicted octanol–water partition coefficient (Wildman–Crippen LogP) is 3.66. The van der Waals surface area contributed by atoms with Crippen LogP contribution in [-0.2, 0) is 14.8 Å². The van der Waals surface area contributed by atoms with Crippen molar-refractivity contribution in [3.05, 3.63) is 62.7 Å². The summed E-state index contributed by atoms with van der Waals surface area (Å²) >= 11 is 6.10. The second-order valence-corrected chi connectivity index (χ2v) is 8.68. The first-order valence-electron chi connectivity index (χ1n) is 8.23. The molecule has 2 aromatic carbocycles. The number of hydrogen-bond donors (Lipinski definition) is 1. The van der Waals surface area contributed by atoms with Crippen molar-refractivity contribution in [2.75, 3.05) is 15.9 Å². The number of carbonyl (C=O) groups excluding carboxylic acids is 1. The lowest BCUT2D eigenvalue weighted by atomic mass is 10.1. The van der Waals surface area contributed by atoms with Gasteiger partial charge in [0.15, 0.2) is 0 Å². The standard InChI is InChI=1S/C18H20ClN3O5S/c1-11-5-7-14(9-16(11)19)21(28(4,26)27)13(3)18(23)20-17-10-15(22(24)25)8-6-12(17)2/h5-10,13H,1-4H3,(H,20,23)/t13-/m0/s1. The van der Waals surface area contributed by atoms with Crippen LogP contribution in [-0.4, -0.2) is 31.5 Å². The largest absolute Gasteiger partial charge is 0.324 e. The number of aryl methyl sites for hydroxylation is 2. The summed E-state index contributed by atoms with van der Waals surface area (Å²) in [6, 6.07) is 7.63. The number of benzene rings is 2. The smallest absolute Gasteiger partial charge is 0.271 e. The normalized spacial score (nSPS) is 12.3. The van der Waals surface area contributed by atoms with E-state index in [9.17, 15) is 23.3 Å². The van der Waals surface area contributed by atoms with Crippen molar-refractivity contribution in [1.29, 1.82) is 0 Å². The minimum absolute atomic E-state index is 0.182. The fourth-order valence-electron chi connectivity index (χ4n) is 2.62. The lowest BCUT2D eigenvalue weighted by Gasteiger charge is -2.28. The van der Waals surface area contributed by atoms with Gasteiger partial charge < -0.3 is 5.32 Å². The Labute approximate surface area is 168 Å². The molecule has 0 saturated heterocycles. The van der Waals surface area contributed by atoms with E-state index in [1.54, 1.807) is 26.0 Å². The molecule has 1 N–H and O–H groups in total. The van der Waals surface area contributed by atoms with Crippen LogP contribution >= 0.6 is 11.6 Å². The Hall–Kier alpha value is -2.65.